The van der Waals surface area contributed by atoms with Crippen molar-refractivity contribution in [3.63, 3.8) is 0 Å². The third-order valence-corrected chi connectivity index (χ3v) is 7.80. The molecule has 2 atom stereocenters. The number of carbonyl (C=O) groups is 1. The van der Waals surface area contributed by atoms with Crippen LogP contribution in [-0.2, 0) is 5.75 Å². The number of thioether (sulfide) groups is 1. The first-order valence-electron chi connectivity index (χ1n) is 11.2. The Kier molecular flexibility index (Phi) is 4.91. The average molecular weight is 474 g/mol. The number of rotatable bonds is 0. The zero-order valence-corrected chi connectivity index (χ0v) is 19.4. The van der Waals surface area contributed by atoms with E-state index in [-0.39, 0.29) is 30.4 Å². The zero-order valence-electron chi connectivity index (χ0n) is 18.5. The molecule has 2 bridgehead atoms. The molecule has 3 aromatic rings. The van der Waals surface area contributed by atoms with E-state index in [4.69, 9.17) is 4.74 Å². The molecule has 0 saturated carbocycles. The van der Waals surface area contributed by atoms with Crippen molar-refractivity contribution in [2.45, 2.75) is 29.7 Å². The van der Waals surface area contributed by atoms with Gasteiger partial charge >= 0.3 is 0 Å². The van der Waals surface area contributed by atoms with E-state index in [9.17, 15) is 14.7 Å². The number of benzene rings is 2. The lowest BCUT2D eigenvalue weighted by Gasteiger charge is -2.45. The summed E-state index contributed by atoms with van der Waals surface area (Å²) in [5, 5.41) is 12.8. The molecular formula is C26H23N3O4S. The number of nitrogens with zero attached hydrogens (tertiary/aromatic N) is 3. The van der Waals surface area contributed by atoms with Crippen molar-refractivity contribution in [1.29, 1.82) is 0 Å². The quantitative estimate of drug-likeness (QED) is 0.503. The van der Waals surface area contributed by atoms with E-state index in [1.807, 2.05) is 48.4 Å². The maximum Gasteiger partial charge on any atom is 0.278 e. The Morgan fingerprint density at radius 3 is 2.82 bits per heavy atom. The normalized spacial score (nSPS) is 21.9. The van der Waals surface area contributed by atoms with Gasteiger partial charge in [-0.15, -0.1) is 11.8 Å². The van der Waals surface area contributed by atoms with Crippen LogP contribution in [0.5, 0.6) is 11.5 Å². The van der Waals surface area contributed by atoms with Gasteiger partial charge in [0.1, 0.15) is 25.1 Å². The molecule has 4 heterocycles. The van der Waals surface area contributed by atoms with Crippen molar-refractivity contribution < 1.29 is 14.6 Å². The maximum absolute atomic E-state index is 13.5. The number of amides is 1. The molecule has 8 heteroatoms. The standard InChI is InChI=1S/C26H23N3O4S/c1-16-6-5-13-33-20-9-4-7-17-14-34-21-10-3-2-8-18(21)23(22(17)20)29-15-27(16)26(32)24-25(31)19(30)11-12-28(24)29/h2-12,16,23,31H,13-15H2,1H3/b6-5+/t16-,23+/m0/s1. The maximum atomic E-state index is 13.5. The number of hydrogen-bond acceptors (Lipinski definition) is 6. The first-order chi connectivity index (χ1) is 16.5. The van der Waals surface area contributed by atoms with Gasteiger partial charge in [0.15, 0.2) is 11.4 Å². The Hall–Kier alpha value is -3.65. The van der Waals surface area contributed by atoms with Gasteiger partial charge in [-0.25, -0.2) is 0 Å². The van der Waals surface area contributed by atoms with Crippen molar-refractivity contribution >= 4 is 17.7 Å². The highest BCUT2D eigenvalue weighted by Gasteiger charge is 2.40. The van der Waals surface area contributed by atoms with Gasteiger partial charge in [-0.05, 0) is 36.3 Å². The summed E-state index contributed by atoms with van der Waals surface area (Å²) in [5.41, 5.74) is 2.67. The molecule has 1 aromatic heterocycles. The number of aromatic nitrogens is 1. The number of ether oxygens (including phenoxy) is 1. The van der Waals surface area contributed by atoms with Gasteiger partial charge in [-0.3, -0.25) is 19.3 Å². The molecule has 0 saturated heterocycles. The minimum atomic E-state index is -0.574. The SMILES string of the molecule is C[C@H]1/C=C/COc2cccc3c2[C@@H](c2ccccc2SC3)N2CN1C(=O)c1c(O)c(=O)ccn12. The van der Waals surface area contributed by atoms with Gasteiger partial charge in [0.05, 0.1) is 0 Å². The molecule has 1 N–H and O–H groups in total. The van der Waals surface area contributed by atoms with Crippen LogP contribution < -0.4 is 15.2 Å². The summed E-state index contributed by atoms with van der Waals surface area (Å²) in [7, 11) is 0. The summed E-state index contributed by atoms with van der Waals surface area (Å²) in [5.74, 6) is 0.655. The molecule has 172 valence electrons. The van der Waals surface area contributed by atoms with E-state index in [1.54, 1.807) is 27.5 Å². The Bertz CT molecular complexity index is 1400. The lowest BCUT2D eigenvalue weighted by atomic mass is 9.93. The summed E-state index contributed by atoms with van der Waals surface area (Å²) >= 11 is 1.77. The average Bonchev–Trinajstić information content (AvgIpc) is 3.02. The van der Waals surface area contributed by atoms with E-state index in [2.05, 4.69) is 18.2 Å². The Morgan fingerprint density at radius 2 is 1.94 bits per heavy atom. The number of hydrogen-bond donors (Lipinski definition) is 1. The first kappa shape index (κ1) is 20.9. The van der Waals surface area contributed by atoms with Crippen LogP contribution in [0, 0.1) is 0 Å². The fraction of sp³-hybridized carbons (Fsp3) is 0.231. The van der Waals surface area contributed by atoms with Crippen LogP contribution >= 0.6 is 11.8 Å². The smallest absolute Gasteiger partial charge is 0.278 e. The summed E-state index contributed by atoms with van der Waals surface area (Å²) in [6.45, 7) is 2.57. The number of pyridine rings is 1. The highest BCUT2D eigenvalue weighted by Crippen LogP contribution is 2.46. The van der Waals surface area contributed by atoms with E-state index in [1.165, 1.54) is 6.07 Å². The molecule has 7 nitrogen and oxygen atoms in total. The molecule has 0 spiro atoms. The molecular weight excluding hydrogens is 450 g/mol. The fourth-order valence-electron chi connectivity index (χ4n) is 4.98. The van der Waals surface area contributed by atoms with Crippen LogP contribution in [0.25, 0.3) is 0 Å². The predicted molar refractivity (Wildman–Crippen MR) is 130 cm³/mol. The Morgan fingerprint density at radius 1 is 1.09 bits per heavy atom. The predicted octanol–water partition coefficient (Wildman–Crippen LogP) is 3.64. The minimum absolute atomic E-state index is 0.0208. The largest absolute Gasteiger partial charge is 0.502 e. The minimum Gasteiger partial charge on any atom is -0.502 e. The second kappa shape index (κ2) is 7.99. The van der Waals surface area contributed by atoms with Gasteiger partial charge < -0.3 is 14.7 Å². The van der Waals surface area contributed by atoms with E-state index >= 15 is 0 Å². The van der Waals surface area contributed by atoms with Crippen LogP contribution in [0.1, 0.15) is 40.1 Å². The molecule has 3 aliphatic heterocycles. The highest BCUT2D eigenvalue weighted by atomic mass is 32.2. The van der Waals surface area contributed by atoms with Gasteiger partial charge in [0.25, 0.3) is 5.91 Å². The van der Waals surface area contributed by atoms with Crippen LogP contribution in [0.3, 0.4) is 0 Å². The number of carbonyl (C=O) groups excluding carboxylic acids is 1. The Balaban J connectivity index is 1.69. The third kappa shape index (κ3) is 3.13. The van der Waals surface area contributed by atoms with Crippen molar-refractivity contribution in [2.24, 2.45) is 0 Å². The van der Waals surface area contributed by atoms with Gasteiger partial charge in [-0.2, -0.15) is 0 Å². The summed E-state index contributed by atoms with van der Waals surface area (Å²) in [6, 6.07) is 15.1. The van der Waals surface area contributed by atoms with E-state index < -0.39 is 11.2 Å². The zero-order chi connectivity index (χ0) is 23.4. The second-order valence-corrected chi connectivity index (χ2v) is 9.63. The molecule has 0 fully saturated rings. The second-order valence-electron chi connectivity index (χ2n) is 8.62. The topological polar surface area (TPSA) is 75.0 Å². The molecule has 34 heavy (non-hydrogen) atoms. The molecule has 0 radical (unpaired) electrons. The van der Waals surface area contributed by atoms with Gasteiger partial charge in [0.2, 0.25) is 5.43 Å². The lowest BCUT2D eigenvalue weighted by Crippen LogP contribution is -2.57. The Labute approximate surface area is 200 Å². The molecule has 6 rings (SSSR count). The summed E-state index contributed by atoms with van der Waals surface area (Å²) in [6.07, 6.45) is 5.41. The summed E-state index contributed by atoms with van der Waals surface area (Å²) in [4.78, 5) is 28.7. The molecule has 2 aromatic carbocycles. The number of aromatic hydroxyl groups is 1. The molecule has 1 amide bonds. The van der Waals surface area contributed by atoms with Crippen LogP contribution in [0.15, 0.2) is 76.6 Å². The lowest BCUT2D eigenvalue weighted by molar-refractivity contribution is 0.0642. The number of fused-ring (bicyclic) bond motifs is 7. The van der Waals surface area contributed by atoms with Crippen molar-refractivity contribution in [1.82, 2.24) is 9.58 Å². The molecule has 0 unspecified atom stereocenters. The van der Waals surface area contributed by atoms with Crippen LogP contribution in [0.2, 0.25) is 0 Å². The third-order valence-electron chi connectivity index (χ3n) is 6.66. The van der Waals surface area contributed by atoms with Crippen molar-refractivity contribution in [3.8, 4) is 11.5 Å². The van der Waals surface area contributed by atoms with E-state index in [0.717, 1.165) is 33.1 Å². The van der Waals surface area contributed by atoms with Crippen LogP contribution in [0.4, 0.5) is 0 Å². The van der Waals surface area contributed by atoms with E-state index in [0.29, 0.717) is 6.61 Å². The highest BCUT2D eigenvalue weighted by molar-refractivity contribution is 7.98. The fourth-order valence-corrected chi connectivity index (χ4v) is 6.06. The van der Waals surface area contributed by atoms with Gasteiger partial charge in [0, 0.05) is 34.5 Å². The monoisotopic (exact) mass is 473 g/mol. The molecule has 3 aliphatic rings. The molecule has 0 aliphatic carbocycles. The van der Waals surface area contributed by atoms with Gasteiger partial charge in [-0.1, -0.05) is 36.4 Å². The first-order valence-corrected chi connectivity index (χ1v) is 12.2. The summed E-state index contributed by atoms with van der Waals surface area (Å²) < 4.78 is 7.90. The van der Waals surface area contributed by atoms with Crippen molar-refractivity contribution in [2.75, 3.05) is 18.3 Å². The van der Waals surface area contributed by atoms with Crippen molar-refractivity contribution in [3.05, 3.63) is 99.5 Å². The van der Waals surface area contributed by atoms with Crippen LogP contribution in [-0.4, -0.2) is 39.9 Å².